The molecule has 2 aliphatic carbocycles. The molecule has 324 valence electrons. The summed E-state index contributed by atoms with van der Waals surface area (Å²) in [5.41, 5.74) is 2.56. The van der Waals surface area contributed by atoms with Gasteiger partial charge in [0.1, 0.15) is 23.7 Å². The molecule has 2 fully saturated rings. The predicted molar refractivity (Wildman–Crippen MR) is 220 cm³/mol. The van der Waals surface area contributed by atoms with Crippen LogP contribution in [0, 0.1) is 11.8 Å². The molecule has 6 aromatic rings. The van der Waals surface area contributed by atoms with E-state index in [1.54, 1.807) is 24.3 Å². The Morgan fingerprint density at radius 2 is 0.984 bits per heavy atom. The van der Waals surface area contributed by atoms with Gasteiger partial charge in [-0.25, -0.2) is 29.9 Å². The Balaban J connectivity index is 0.000000201. The van der Waals surface area contributed by atoms with Gasteiger partial charge in [-0.2, -0.15) is 26.3 Å². The van der Waals surface area contributed by atoms with Crippen molar-refractivity contribution in [2.45, 2.75) is 96.8 Å². The van der Waals surface area contributed by atoms with E-state index in [1.807, 2.05) is 24.3 Å². The molecule has 61 heavy (non-hydrogen) atoms. The third-order valence-electron chi connectivity index (χ3n) is 10.3. The van der Waals surface area contributed by atoms with E-state index in [0.29, 0.717) is 81.6 Å². The van der Waals surface area contributed by atoms with E-state index in [-0.39, 0.29) is 56.8 Å². The number of benzene rings is 2. The number of carbonyl (C=O) groups is 2. The van der Waals surface area contributed by atoms with Crippen LogP contribution in [0.15, 0.2) is 61.2 Å². The summed E-state index contributed by atoms with van der Waals surface area (Å²) >= 11 is 2.66. The number of aromatic nitrogens is 6. The first-order chi connectivity index (χ1) is 28.6. The summed E-state index contributed by atoms with van der Waals surface area (Å²) in [5.74, 6) is -1.41. The first kappa shape index (κ1) is 45.0. The molecule has 0 atom stereocenters. The molecule has 2 amide bonds. The lowest BCUT2D eigenvalue weighted by Crippen LogP contribution is -2.27. The molecule has 0 saturated heterocycles. The number of ether oxygens (including phenoxy) is 2. The molecule has 2 aromatic carbocycles. The largest absolute Gasteiger partial charge is 0.437 e. The predicted octanol–water partition coefficient (Wildman–Crippen LogP) is 12.0. The highest BCUT2D eigenvalue weighted by molar-refractivity contribution is 7.22. The molecule has 0 bridgehead atoms. The summed E-state index contributed by atoms with van der Waals surface area (Å²) in [6.07, 6.45) is -3.36. The minimum atomic E-state index is -4.13. The molecule has 4 aromatic heterocycles. The number of hydrogen-bond acceptors (Lipinski definition) is 12. The van der Waals surface area contributed by atoms with Gasteiger partial charge in [0.15, 0.2) is 21.8 Å². The van der Waals surface area contributed by atoms with Crippen LogP contribution < -0.4 is 20.1 Å². The van der Waals surface area contributed by atoms with Crippen molar-refractivity contribution in [3.8, 4) is 23.3 Å². The first-order valence-corrected chi connectivity index (χ1v) is 20.7. The third kappa shape index (κ3) is 11.5. The highest BCUT2D eigenvalue weighted by atomic mass is 32.1. The second-order valence-electron chi connectivity index (χ2n) is 14.6. The van der Waals surface area contributed by atoms with Gasteiger partial charge in [0.2, 0.25) is 23.6 Å². The Bertz CT molecular complexity index is 2290. The number of fused-ring (bicyclic) bond motifs is 2. The van der Waals surface area contributed by atoms with E-state index in [4.69, 9.17) is 9.47 Å². The van der Waals surface area contributed by atoms with Gasteiger partial charge in [-0.3, -0.25) is 9.59 Å². The zero-order chi connectivity index (χ0) is 42.6. The Morgan fingerprint density at radius 3 is 1.33 bits per heavy atom. The van der Waals surface area contributed by atoms with Crippen molar-refractivity contribution in [3.05, 3.63) is 72.6 Å². The van der Waals surface area contributed by atoms with Gasteiger partial charge in [-0.05, 0) is 75.6 Å². The maximum Gasteiger partial charge on any atom is 0.391 e. The number of rotatable bonds is 8. The van der Waals surface area contributed by atoms with Crippen LogP contribution in [-0.2, 0) is 9.59 Å². The second kappa shape index (κ2) is 19.0. The average Bonchev–Trinajstić information content (AvgIpc) is 3.81. The van der Waals surface area contributed by atoms with E-state index < -0.39 is 24.2 Å². The molecule has 0 unspecified atom stereocenters. The quantitative estimate of drug-likeness (QED) is 0.141. The number of hydrogen-bond donors (Lipinski definition) is 2. The van der Waals surface area contributed by atoms with Gasteiger partial charge >= 0.3 is 12.4 Å². The van der Waals surface area contributed by atoms with E-state index in [9.17, 15) is 35.9 Å². The molecule has 2 N–H and O–H groups in total. The van der Waals surface area contributed by atoms with Crippen LogP contribution in [0.3, 0.4) is 0 Å². The highest BCUT2D eigenvalue weighted by Gasteiger charge is 2.43. The minimum Gasteiger partial charge on any atom is -0.437 e. The highest BCUT2D eigenvalue weighted by Crippen LogP contribution is 2.45. The van der Waals surface area contributed by atoms with Gasteiger partial charge in [-0.1, -0.05) is 42.2 Å². The number of halogens is 6. The van der Waals surface area contributed by atoms with E-state index >= 15 is 0 Å². The van der Waals surface area contributed by atoms with Crippen molar-refractivity contribution in [1.29, 1.82) is 0 Å². The van der Waals surface area contributed by atoms with Crippen molar-refractivity contribution in [3.63, 3.8) is 0 Å². The summed E-state index contributed by atoms with van der Waals surface area (Å²) in [4.78, 5) is 48.1. The fourth-order valence-corrected chi connectivity index (χ4v) is 9.20. The maximum atomic E-state index is 12.9. The summed E-state index contributed by atoms with van der Waals surface area (Å²) in [6, 6.07) is 14.2. The topological polar surface area (TPSA) is 154 Å². The lowest BCUT2D eigenvalue weighted by Gasteiger charge is -2.29. The van der Waals surface area contributed by atoms with Crippen LogP contribution in [0.5, 0.6) is 23.3 Å². The van der Waals surface area contributed by atoms with Crippen molar-refractivity contribution in [2.75, 3.05) is 10.6 Å². The van der Waals surface area contributed by atoms with Crippen LogP contribution in [0.2, 0.25) is 0 Å². The fraction of sp³-hybridized carbons (Fsp3) is 0.415. The first-order valence-electron chi connectivity index (χ1n) is 19.1. The number of para-hydroxylation sites is 2. The maximum absolute atomic E-state index is 12.9. The Morgan fingerprint density at radius 1 is 0.607 bits per heavy atom. The molecule has 0 radical (unpaired) electrons. The van der Waals surface area contributed by atoms with Gasteiger partial charge < -0.3 is 20.1 Å². The lowest BCUT2D eigenvalue weighted by molar-refractivity contribution is -0.183. The number of anilines is 2. The molecule has 12 nitrogen and oxygen atoms in total. The van der Waals surface area contributed by atoms with Crippen LogP contribution in [-0.4, -0.2) is 54.1 Å². The Kier molecular flexibility index (Phi) is 14.1. The molecule has 2 aliphatic rings. The smallest absolute Gasteiger partial charge is 0.391 e. The summed E-state index contributed by atoms with van der Waals surface area (Å²) in [6.45, 7) is 2.82. The number of thiazole rings is 2. The fourth-order valence-electron chi connectivity index (χ4n) is 7.34. The summed E-state index contributed by atoms with van der Waals surface area (Å²) in [5, 5.41) is 6.26. The Labute approximate surface area is 354 Å². The zero-order valence-electron chi connectivity index (χ0n) is 32.1. The normalized spacial score (nSPS) is 19.3. The SMILES string of the molecule is C.CC(=O)Nc1nc2c(Oc3cc(C4CCC(C(F)(F)F)CC4)ncn3)cccc2s1.CC(=O)Nc1nc2c(Oc3cc(C4CCC(C(F)(F)F)CC4)ncn3)cccc2s1. The number of amides is 2. The standard InChI is InChI=1S/2C20H19F3N4O2S.CH4/c2*1-11(28)26-19-27-18-15(3-2-4-16(18)30-19)29-17-9-14(24-10-25-17)12-5-7-13(8-6-12)20(21,22)23;/h2*2-4,9-10,12-13H,5-8H2,1H3,(H,26,27,28);1H4. The van der Waals surface area contributed by atoms with Gasteiger partial charge in [0.25, 0.3) is 0 Å². The molecular weight excluding hydrogens is 847 g/mol. The molecule has 2 saturated carbocycles. The van der Waals surface area contributed by atoms with Gasteiger partial charge in [-0.15, -0.1) is 0 Å². The van der Waals surface area contributed by atoms with Crippen molar-refractivity contribution < 1.29 is 45.4 Å². The number of carbonyl (C=O) groups excluding carboxylic acids is 2. The minimum absolute atomic E-state index is 0. The number of alkyl halides is 6. The molecule has 20 heteroatoms. The molecular formula is C41H42F6N8O4S2. The molecule has 0 aliphatic heterocycles. The van der Waals surface area contributed by atoms with E-state index in [2.05, 4.69) is 40.5 Å². The number of nitrogens with zero attached hydrogens (tertiary/aromatic N) is 6. The van der Waals surface area contributed by atoms with Gasteiger partial charge in [0.05, 0.1) is 32.6 Å². The molecule has 0 spiro atoms. The van der Waals surface area contributed by atoms with Crippen LogP contribution in [0.1, 0.15) is 95.9 Å². The van der Waals surface area contributed by atoms with Crippen molar-refractivity contribution in [1.82, 2.24) is 29.9 Å². The number of nitrogens with one attached hydrogen (secondary N) is 2. The van der Waals surface area contributed by atoms with Gasteiger partial charge in [0, 0.05) is 37.8 Å². The van der Waals surface area contributed by atoms with Crippen LogP contribution >= 0.6 is 22.7 Å². The van der Waals surface area contributed by atoms with Crippen LogP contribution in [0.4, 0.5) is 36.6 Å². The second-order valence-corrected chi connectivity index (χ2v) is 16.6. The summed E-state index contributed by atoms with van der Waals surface area (Å²) in [7, 11) is 0. The monoisotopic (exact) mass is 888 g/mol. The zero-order valence-corrected chi connectivity index (χ0v) is 33.8. The molecule has 8 rings (SSSR count). The Hall–Kier alpha value is -5.50. The van der Waals surface area contributed by atoms with E-state index in [1.165, 1.54) is 49.2 Å². The molecule has 4 heterocycles. The third-order valence-corrected chi connectivity index (χ3v) is 12.2. The lowest BCUT2D eigenvalue weighted by atomic mass is 9.80. The van der Waals surface area contributed by atoms with Crippen LogP contribution in [0.25, 0.3) is 20.4 Å². The van der Waals surface area contributed by atoms with Crippen molar-refractivity contribution in [2.24, 2.45) is 11.8 Å². The average molecular weight is 889 g/mol. The van der Waals surface area contributed by atoms with Crippen molar-refractivity contribution >= 4 is 65.2 Å². The summed E-state index contributed by atoms with van der Waals surface area (Å²) < 4.78 is 90.9. The van der Waals surface area contributed by atoms with E-state index in [0.717, 1.165) is 9.40 Å².